The fourth-order valence-electron chi connectivity index (χ4n) is 3.81. The van der Waals surface area contributed by atoms with Gasteiger partial charge in [0.15, 0.2) is 10.6 Å². The summed E-state index contributed by atoms with van der Waals surface area (Å²) in [7, 11) is 0. The van der Waals surface area contributed by atoms with E-state index in [9.17, 15) is 4.79 Å². The van der Waals surface area contributed by atoms with E-state index in [0.717, 1.165) is 16.8 Å². The Morgan fingerprint density at radius 3 is 2.64 bits per heavy atom. The Hall–Kier alpha value is -2.30. The molecule has 0 saturated heterocycles. The molecular formula is C22H20Cl2N2O2. The van der Waals surface area contributed by atoms with E-state index in [4.69, 9.17) is 27.7 Å². The predicted octanol–water partition coefficient (Wildman–Crippen LogP) is 6.41. The molecule has 1 fully saturated rings. The minimum Gasteiger partial charge on any atom is -0.356 e. The number of halogens is 2. The van der Waals surface area contributed by atoms with Crippen molar-refractivity contribution in [1.82, 2.24) is 5.16 Å². The summed E-state index contributed by atoms with van der Waals surface area (Å²) >= 11 is 11.2. The van der Waals surface area contributed by atoms with Crippen LogP contribution in [-0.4, -0.2) is 15.9 Å². The van der Waals surface area contributed by atoms with Gasteiger partial charge in [-0.2, -0.15) is 0 Å². The average molecular weight is 415 g/mol. The number of anilines is 1. The third-order valence-corrected chi connectivity index (χ3v) is 5.55. The Labute approximate surface area is 173 Å². The maximum absolute atomic E-state index is 11.7. The molecule has 0 spiro atoms. The Kier molecular flexibility index (Phi) is 5.69. The molecule has 1 saturated carbocycles. The molecule has 0 atom stereocenters. The van der Waals surface area contributed by atoms with Crippen LogP contribution in [-0.2, 0) is 4.79 Å². The van der Waals surface area contributed by atoms with E-state index in [2.05, 4.69) is 28.7 Å². The van der Waals surface area contributed by atoms with Gasteiger partial charge in [0, 0.05) is 22.9 Å². The smallest absolute Gasteiger partial charge is 0.257 e. The number of nitrogens with zero attached hydrogens (tertiary/aromatic N) is 1. The van der Waals surface area contributed by atoms with Crippen LogP contribution in [0.1, 0.15) is 37.2 Å². The molecule has 3 aromatic rings. The lowest BCUT2D eigenvalue weighted by Gasteiger charge is -2.13. The van der Waals surface area contributed by atoms with E-state index < -0.39 is 10.7 Å². The van der Waals surface area contributed by atoms with Crippen LogP contribution < -0.4 is 5.32 Å². The Bertz CT molecular complexity index is 978. The fraction of sp³-hybridized carbons (Fsp3) is 0.273. The van der Waals surface area contributed by atoms with Crippen LogP contribution in [0, 0.1) is 0 Å². The molecule has 0 unspecified atom stereocenters. The molecule has 4 nitrogen and oxygen atoms in total. The van der Waals surface area contributed by atoms with Gasteiger partial charge in [-0.15, -0.1) is 0 Å². The number of alkyl halides is 2. The highest BCUT2D eigenvalue weighted by Gasteiger charge is 2.21. The Morgan fingerprint density at radius 1 is 1.07 bits per heavy atom. The van der Waals surface area contributed by atoms with Crippen molar-refractivity contribution in [1.29, 1.82) is 0 Å². The molecule has 1 amide bonds. The summed E-state index contributed by atoms with van der Waals surface area (Å²) in [6.45, 7) is 0. The van der Waals surface area contributed by atoms with Gasteiger partial charge >= 0.3 is 0 Å². The second-order valence-corrected chi connectivity index (χ2v) is 8.11. The number of carbonyl (C=O) groups excluding carboxylic acids is 1. The number of hydrogen-bond donors (Lipinski definition) is 1. The van der Waals surface area contributed by atoms with E-state index in [-0.39, 0.29) is 0 Å². The van der Waals surface area contributed by atoms with Gasteiger partial charge in [0.25, 0.3) is 5.91 Å². The Morgan fingerprint density at radius 2 is 1.86 bits per heavy atom. The average Bonchev–Trinajstić information content (AvgIpc) is 3.40. The van der Waals surface area contributed by atoms with E-state index in [0.29, 0.717) is 17.4 Å². The number of amides is 1. The third kappa shape index (κ3) is 4.08. The number of nitrogens with one attached hydrogen (secondary N) is 1. The summed E-state index contributed by atoms with van der Waals surface area (Å²) in [6.07, 6.45) is 5.03. The first-order valence-corrected chi connectivity index (χ1v) is 10.2. The lowest BCUT2D eigenvalue weighted by molar-refractivity contribution is -0.114. The summed E-state index contributed by atoms with van der Waals surface area (Å²) < 4.78 is 5.62. The first-order chi connectivity index (χ1) is 13.6. The molecular weight excluding hydrogens is 395 g/mol. The number of hydrogen-bond acceptors (Lipinski definition) is 3. The summed E-state index contributed by atoms with van der Waals surface area (Å²) in [4.78, 5) is 10.6. The molecule has 6 heteroatoms. The third-order valence-electron chi connectivity index (χ3n) is 5.15. The predicted molar refractivity (Wildman–Crippen MR) is 113 cm³/mol. The van der Waals surface area contributed by atoms with Gasteiger partial charge in [0.05, 0.1) is 0 Å². The van der Waals surface area contributed by atoms with Crippen molar-refractivity contribution in [3.05, 3.63) is 60.2 Å². The summed E-state index contributed by atoms with van der Waals surface area (Å²) in [5, 5.41) is 6.98. The van der Waals surface area contributed by atoms with Crippen molar-refractivity contribution in [3.8, 4) is 22.6 Å². The van der Waals surface area contributed by atoms with Crippen molar-refractivity contribution < 1.29 is 9.32 Å². The number of aromatic nitrogens is 1. The van der Waals surface area contributed by atoms with Crippen molar-refractivity contribution in [2.24, 2.45) is 0 Å². The SMILES string of the molecule is O=C(Nc1cccc(-c2cc(-c3ccccc3C3CCCC3)no2)c1)C(Cl)Cl. The second kappa shape index (κ2) is 8.38. The first kappa shape index (κ1) is 19.0. The van der Waals surface area contributed by atoms with Crippen LogP contribution in [0.25, 0.3) is 22.6 Å². The molecule has 1 aromatic heterocycles. The number of rotatable bonds is 5. The second-order valence-electron chi connectivity index (χ2n) is 7.02. The normalized spacial score (nSPS) is 14.5. The standard InChI is InChI=1S/C22H20Cl2N2O2/c23-21(24)22(27)25-16-9-5-8-15(12-16)20-13-19(26-28-20)18-11-4-3-10-17(18)14-6-1-2-7-14/h3-5,8-14,21H,1-2,6-7H2,(H,25,27). The first-order valence-electron chi connectivity index (χ1n) is 9.37. The van der Waals surface area contributed by atoms with Gasteiger partial charge in [-0.25, -0.2) is 0 Å². The van der Waals surface area contributed by atoms with Gasteiger partial charge < -0.3 is 9.84 Å². The summed E-state index contributed by atoms with van der Waals surface area (Å²) in [5.74, 6) is 0.763. The maximum Gasteiger partial charge on any atom is 0.257 e. The number of carbonyl (C=O) groups is 1. The Balaban J connectivity index is 1.62. The topological polar surface area (TPSA) is 55.1 Å². The van der Waals surface area contributed by atoms with E-state index >= 15 is 0 Å². The van der Waals surface area contributed by atoms with E-state index in [1.54, 1.807) is 12.1 Å². The zero-order valence-corrected chi connectivity index (χ0v) is 16.7. The number of benzene rings is 2. The fourth-order valence-corrected chi connectivity index (χ4v) is 3.92. The highest BCUT2D eigenvalue weighted by atomic mass is 35.5. The van der Waals surface area contributed by atoms with Crippen LogP contribution in [0.15, 0.2) is 59.1 Å². The van der Waals surface area contributed by atoms with Crippen molar-refractivity contribution in [3.63, 3.8) is 0 Å². The molecule has 1 N–H and O–H groups in total. The lowest BCUT2D eigenvalue weighted by atomic mass is 9.91. The van der Waals surface area contributed by atoms with E-state index in [1.807, 2.05) is 24.3 Å². The van der Waals surface area contributed by atoms with Gasteiger partial charge in [-0.05, 0) is 36.5 Å². The molecule has 28 heavy (non-hydrogen) atoms. The monoisotopic (exact) mass is 414 g/mol. The minimum absolute atomic E-state index is 0.468. The van der Waals surface area contributed by atoms with Crippen molar-refractivity contribution in [2.75, 3.05) is 5.32 Å². The molecule has 0 radical (unpaired) electrons. The zero-order chi connectivity index (χ0) is 19.5. The molecule has 0 aliphatic heterocycles. The lowest BCUT2D eigenvalue weighted by Crippen LogP contribution is -2.18. The maximum atomic E-state index is 11.7. The molecule has 4 rings (SSSR count). The van der Waals surface area contributed by atoms with Crippen LogP contribution in [0.3, 0.4) is 0 Å². The van der Waals surface area contributed by atoms with Crippen LogP contribution in [0.5, 0.6) is 0 Å². The van der Waals surface area contributed by atoms with Gasteiger partial charge in [0.1, 0.15) is 5.69 Å². The highest BCUT2D eigenvalue weighted by molar-refractivity contribution is 6.54. The highest BCUT2D eigenvalue weighted by Crippen LogP contribution is 2.39. The van der Waals surface area contributed by atoms with E-state index in [1.165, 1.54) is 31.2 Å². The molecule has 2 aromatic carbocycles. The molecule has 1 aliphatic carbocycles. The summed E-state index contributed by atoms with van der Waals surface area (Å²) in [5.41, 5.74) is 4.71. The van der Waals surface area contributed by atoms with Gasteiger partial charge in [0.2, 0.25) is 0 Å². The molecule has 1 aliphatic rings. The summed E-state index contributed by atoms with van der Waals surface area (Å²) in [6, 6.07) is 17.7. The van der Waals surface area contributed by atoms with Crippen LogP contribution >= 0.6 is 23.2 Å². The zero-order valence-electron chi connectivity index (χ0n) is 15.2. The molecule has 0 bridgehead atoms. The molecule has 144 valence electrons. The van der Waals surface area contributed by atoms with Crippen LogP contribution in [0.4, 0.5) is 5.69 Å². The van der Waals surface area contributed by atoms with Crippen LogP contribution in [0.2, 0.25) is 0 Å². The van der Waals surface area contributed by atoms with Crippen molar-refractivity contribution in [2.45, 2.75) is 36.4 Å². The van der Waals surface area contributed by atoms with Gasteiger partial charge in [-0.1, -0.05) is 77.6 Å². The quantitative estimate of drug-likeness (QED) is 0.490. The van der Waals surface area contributed by atoms with Gasteiger partial charge in [-0.3, -0.25) is 4.79 Å². The minimum atomic E-state index is -1.12. The van der Waals surface area contributed by atoms with Crippen molar-refractivity contribution >= 4 is 34.8 Å². The largest absolute Gasteiger partial charge is 0.356 e. The molecule has 1 heterocycles.